The summed E-state index contributed by atoms with van der Waals surface area (Å²) in [6.07, 6.45) is 0.678. The van der Waals surface area contributed by atoms with Crippen LogP contribution < -0.4 is 5.32 Å². The molecule has 1 saturated carbocycles. The van der Waals surface area contributed by atoms with Crippen LogP contribution in [0.15, 0.2) is 18.2 Å². The van der Waals surface area contributed by atoms with Gasteiger partial charge in [0.25, 0.3) is 0 Å². The number of carboxylic acid groups (broad SMARTS) is 1. The average Bonchev–Trinajstić information content (AvgIpc) is 3.15. The van der Waals surface area contributed by atoms with Gasteiger partial charge in [-0.05, 0) is 36.0 Å². The average molecular weight is 330 g/mol. The number of hydrogen-bond acceptors (Lipinski definition) is 2. The first kappa shape index (κ1) is 16.1. The van der Waals surface area contributed by atoms with Crippen LogP contribution in [0.3, 0.4) is 0 Å². The second-order valence-corrected chi connectivity index (χ2v) is 6.53. The van der Waals surface area contributed by atoms with Crippen molar-refractivity contribution in [2.45, 2.75) is 32.2 Å². The van der Waals surface area contributed by atoms with E-state index in [1.54, 1.807) is 26.0 Å². The number of rotatable bonds is 5. The molecule has 4 nitrogen and oxygen atoms in total. The highest BCUT2D eigenvalue weighted by Crippen LogP contribution is 2.50. The lowest BCUT2D eigenvalue weighted by molar-refractivity contribution is -0.143. The molecule has 1 aromatic carbocycles. The summed E-state index contributed by atoms with van der Waals surface area (Å²) >= 11 is 12.0. The summed E-state index contributed by atoms with van der Waals surface area (Å²) in [7, 11) is 0. The molecular weight excluding hydrogens is 313 g/mol. The molecule has 114 valence electrons. The third kappa shape index (κ3) is 3.69. The van der Waals surface area contributed by atoms with Crippen LogP contribution in [0.5, 0.6) is 0 Å². The van der Waals surface area contributed by atoms with Crippen LogP contribution in [0.2, 0.25) is 10.0 Å². The van der Waals surface area contributed by atoms with Crippen molar-refractivity contribution in [1.29, 1.82) is 0 Å². The highest BCUT2D eigenvalue weighted by Gasteiger charge is 2.45. The maximum Gasteiger partial charge on any atom is 0.326 e. The third-order valence-corrected chi connectivity index (χ3v) is 4.28. The molecular formula is C15H17Cl2NO3. The quantitative estimate of drug-likeness (QED) is 0.870. The van der Waals surface area contributed by atoms with Crippen LogP contribution in [0.25, 0.3) is 0 Å². The summed E-state index contributed by atoms with van der Waals surface area (Å²) in [5.74, 6) is -1.59. The fraction of sp³-hybridized carbons (Fsp3) is 0.467. The van der Waals surface area contributed by atoms with Gasteiger partial charge in [-0.2, -0.15) is 0 Å². The summed E-state index contributed by atoms with van der Waals surface area (Å²) in [6, 6.07) is 4.35. The minimum atomic E-state index is -1.01. The highest BCUT2D eigenvalue weighted by molar-refractivity contribution is 6.35. The number of hydrogen-bond donors (Lipinski definition) is 2. The number of amides is 1. The van der Waals surface area contributed by atoms with Crippen molar-refractivity contribution >= 4 is 35.1 Å². The summed E-state index contributed by atoms with van der Waals surface area (Å²) in [5, 5.41) is 12.8. The SMILES string of the molecule is CC(C)C(NC(=O)C1CC1c1ccc(Cl)cc1Cl)C(=O)O. The molecule has 3 atom stereocenters. The lowest BCUT2D eigenvalue weighted by Gasteiger charge is -2.18. The van der Waals surface area contributed by atoms with E-state index < -0.39 is 12.0 Å². The van der Waals surface area contributed by atoms with Gasteiger partial charge in [0.05, 0.1) is 0 Å². The molecule has 0 aromatic heterocycles. The molecule has 1 fully saturated rings. The molecule has 6 heteroatoms. The Balaban J connectivity index is 2.02. The van der Waals surface area contributed by atoms with Gasteiger partial charge < -0.3 is 10.4 Å². The second kappa shape index (κ2) is 6.24. The van der Waals surface area contributed by atoms with E-state index in [1.165, 1.54) is 0 Å². The van der Waals surface area contributed by atoms with E-state index in [9.17, 15) is 9.59 Å². The molecule has 21 heavy (non-hydrogen) atoms. The van der Waals surface area contributed by atoms with E-state index in [0.717, 1.165) is 5.56 Å². The largest absolute Gasteiger partial charge is 0.480 e. The van der Waals surface area contributed by atoms with Gasteiger partial charge in [-0.15, -0.1) is 0 Å². The number of carbonyl (C=O) groups excluding carboxylic acids is 1. The normalized spacial score (nSPS) is 22.0. The third-order valence-electron chi connectivity index (χ3n) is 3.72. The Morgan fingerprint density at radius 3 is 2.52 bits per heavy atom. The molecule has 1 aliphatic rings. The van der Waals surface area contributed by atoms with Crippen LogP contribution in [0, 0.1) is 11.8 Å². The van der Waals surface area contributed by atoms with Gasteiger partial charge in [0.1, 0.15) is 6.04 Å². The van der Waals surface area contributed by atoms with Gasteiger partial charge in [-0.1, -0.05) is 43.1 Å². The van der Waals surface area contributed by atoms with Gasteiger partial charge in [-0.3, -0.25) is 4.79 Å². The zero-order valence-corrected chi connectivity index (χ0v) is 13.3. The molecule has 0 bridgehead atoms. The predicted octanol–water partition coefficient (Wildman–Crippen LogP) is 3.32. The van der Waals surface area contributed by atoms with Crippen molar-refractivity contribution in [3.8, 4) is 0 Å². The zero-order valence-electron chi connectivity index (χ0n) is 11.8. The Labute approximate surface area is 133 Å². The van der Waals surface area contributed by atoms with E-state index in [4.69, 9.17) is 28.3 Å². The van der Waals surface area contributed by atoms with Crippen LogP contribution in [0.4, 0.5) is 0 Å². The van der Waals surface area contributed by atoms with E-state index in [2.05, 4.69) is 5.32 Å². The number of halogens is 2. The van der Waals surface area contributed by atoms with Crippen molar-refractivity contribution in [3.05, 3.63) is 33.8 Å². The minimum absolute atomic E-state index is 0.0383. The Morgan fingerprint density at radius 1 is 1.33 bits per heavy atom. The van der Waals surface area contributed by atoms with Gasteiger partial charge in [0, 0.05) is 16.0 Å². The second-order valence-electron chi connectivity index (χ2n) is 5.68. The fourth-order valence-corrected chi connectivity index (χ4v) is 2.95. The van der Waals surface area contributed by atoms with Gasteiger partial charge in [0.2, 0.25) is 5.91 Å². The number of carboxylic acids is 1. The summed E-state index contributed by atoms with van der Waals surface area (Å²) in [5.41, 5.74) is 0.887. The maximum absolute atomic E-state index is 12.1. The standard InChI is InChI=1S/C15H17Cl2NO3/c1-7(2)13(15(20)21)18-14(19)11-6-10(11)9-4-3-8(16)5-12(9)17/h3-5,7,10-11,13H,6H2,1-2H3,(H,18,19)(H,20,21). The van der Waals surface area contributed by atoms with E-state index >= 15 is 0 Å². The molecule has 0 heterocycles. The van der Waals surface area contributed by atoms with E-state index in [-0.39, 0.29) is 23.7 Å². The summed E-state index contributed by atoms with van der Waals surface area (Å²) in [6.45, 7) is 3.53. The predicted molar refractivity (Wildman–Crippen MR) is 81.7 cm³/mol. The van der Waals surface area contributed by atoms with Crippen molar-refractivity contribution in [2.75, 3.05) is 0 Å². The molecule has 2 rings (SSSR count). The first-order chi connectivity index (χ1) is 9.81. The minimum Gasteiger partial charge on any atom is -0.480 e. The van der Waals surface area contributed by atoms with Crippen molar-refractivity contribution in [1.82, 2.24) is 5.32 Å². The lowest BCUT2D eigenvalue weighted by atomic mass is 10.0. The van der Waals surface area contributed by atoms with Crippen LogP contribution in [-0.2, 0) is 9.59 Å². The monoisotopic (exact) mass is 329 g/mol. The van der Waals surface area contributed by atoms with Crippen molar-refractivity contribution in [2.24, 2.45) is 11.8 Å². The molecule has 0 saturated heterocycles. The molecule has 0 spiro atoms. The number of carbonyl (C=O) groups is 2. The summed E-state index contributed by atoms with van der Waals surface area (Å²) in [4.78, 5) is 23.3. The molecule has 2 N–H and O–H groups in total. The van der Waals surface area contributed by atoms with E-state index in [0.29, 0.717) is 16.5 Å². The molecule has 3 unspecified atom stereocenters. The first-order valence-electron chi connectivity index (χ1n) is 6.79. The Hall–Kier alpha value is -1.26. The lowest BCUT2D eigenvalue weighted by Crippen LogP contribution is -2.45. The zero-order chi connectivity index (χ0) is 15.7. The summed E-state index contributed by atoms with van der Waals surface area (Å²) < 4.78 is 0. The number of nitrogens with one attached hydrogen (secondary N) is 1. The smallest absolute Gasteiger partial charge is 0.326 e. The number of aliphatic carboxylic acids is 1. The fourth-order valence-electron chi connectivity index (χ4n) is 2.40. The van der Waals surface area contributed by atoms with Gasteiger partial charge >= 0.3 is 5.97 Å². The van der Waals surface area contributed by atoms with Gasteiger partial charge in [-0.25, -0.2) is 4.79 Å². The van der Waals surface area contributed by atoms with Crippen LogP contribution in [0.1, 0.15) is 31.7 Å². The molecule has 0 aliphatic heterocycles. The molecule has 1 aliphatic carbocycles. The van der Waals surface area contributed by atoms with Crippen LogP contribution in [-0.4, -0.2) is 23.0 Å². The Morgan fingerprint density at radius 2 is 2.00 bits per heavy atom. The molecule has 1 aromatic rings. The first-order valence-corrected chi connectivity index (χ1v) is 7.55. The molecule has 0 radical (unpaired) electrons. The topological polar surface area (TPSA) is 66.4 Å². The van der Waals surface area contributed by atoms with Crippen molar-refractivity contribution in [3.63, 3.8) is 0 Å². The van der Waals surface area contributed by atoms with E-state index in [1.807, 2.05) is 6.07 Å². The highest BCUT2D eigenvalue weighted by atomic mass is 35.5. The number of benzene rings is 1. The molecule has 1 amide bonds. The Bertz CT molecular complexity index is 574. The maximum atomic E-state index is 12.1. The Kier molecular flexibility index (Phi) is 4.79. The van der Waals surface area contributed by atoms with Gasteiger partial charge in [0.15, 0.2) is 0 Å². The van der Waals surface area contributed by atoms with Crippen molar-refractivity contribution < 1.29 is 14.7 Å². The van der Waals surface area contributed by atoms with Crippen LogP contribution >= 0.6 is 23.2 Å².